The summed E-state index contributed by atoms with van der Waals surface area (Å²) in [6.07, 6.45) is 6.94. The molecule has 0 amide bonds. The van der Waals surface area contributed by atoms with Crippen molar-refractivity contribution in [3.05, 3.63) is 192 Å². The monoisotopic (exact) mass is 768 g/mol. The van der Waals surface area contributed by atoms with E-state index in [0.717, 1.165) is 34.8 Å². The number of nitrogens with zero attached hydrogens (tertiary/aromatic N) is 3. The second-order valence-electron chi connectivity index (χ2n) is 15.3. The molecule has 57 heavy (non-hydrogen) atoms. The highest BCUT2D eigenvalue weighted by Gasteiger charge is 2.38. The first-order chi connectivity index (χ1) is 28.2. The highest BCUT2D eigenvalue weighted by Crippen LogP contribution is 2.50. The molecule has 12 rings (SSSR count). The number of nitrogens with one attached hydrogen (secondary N) is 1. The van der Waals surface area contributed by atoms with Gasteiger partial charge < -0.3 is 10.2 Å². The number of hydrogen-bond donors (Lipinski definition) is 1. The summed E-state index contributed by atoms with van der Waals surface area (Å²) in [5.41, 5.74) is 9.80. The molecule has 0 saturated carbocycles. The fourth-order valence-corrected chi connectivity index (χ4v) is 11.6. The lowest BCUT2D eigenvalue weighted by Gasteiger charge is -2.30. The zero-order chi connectivity index (χ0) is 37.5. The lowest BCUT2D eigenvalue weighted by molar-refractivity contribution is 0.573. The average Bonchev–Trinajstić information content (AvgIpc) is 3.95. The number of benzene rings is 7. The first kappa shape index (κ1) is 32.9. The number of para-hydroxylation sites is 1. The molecule has 0 fully saturated rings. The second-order valence-corrected chi connectivity index (χ2v) is 17.4. The molecule has 0 spiro atoms. The lowest BCUT2D eigenvalue weighted by Crippen LogP contribution is -2.33. The van der Waals surface area contributed by atoms with Crippen molar-refractivity contribution in [2.24, 2.45) is 9.98 Å². The predicted octanol–water partition coefficient (Wildman–Crippen LogP) is 13.5. The highest BCUT2D eigenvalue weighted by molar-refractivity contribution is 7.26. The van der Waals surface area contributed by atoms with Crippen LogP contribution in [0.25, 0.3) is 51.5 Å². The summed E-state index contributed by atoms with van der Waals surface area (Å²) in [5.74, 6) is 2.13. The Morgan fingerprint density at radius 1 is 0.596 bits per heavy atom. The molecule has 1 aliphatic carbocycles. The Balaban J connectivity index is 0.929. The zero-order valence-corrected chi connectivity index (χ0v) is 32.6. The van der Waals surface area contributed by atoms with E-state index >= 15 is 0 Å². The smallest absolute Gasteiger partial charge is 0.159 e. The van der Waals surface area contributed by atoms with E-state index in [4.69, 9.17) is 9.98 Å². The molecule has 4 heterocycles. The molecule has 6 heteroatoms. The summed E-state index contributed by atoms with van der Waals surface area (Å²) in [6, 6.07) is 57.8. The molecule has 2 aliphatic heterocycles. The molecule has 4 nitrogen and oxygen atoms in total. The Morgan fingerprint density at radius 2 is 1.39 bits per heavy atom. The number of aliphatic imine (C=N–C) groups is 2. The maximum atomic E-state index is 5.15. The minimum Gasteiger partial charge on any atom is -0.344 e. The van der Waals surface area contributed by atoms with Gasteiger partial charge in [-0.2, -0.15) is 0 Å². The maximum Gasteiger partial charge on any atom is 0.159 e. The number of amidine groups is 2. The minimum absolute atomic E-state index is 0.230. The fourth-order valence-electron chi connectivity index (χ4n) is 9.33. The summed E-state index contributed by atoms with van der Waals surface area (Å²) >= 11 is 3.74. The van der Waals surface area contributed by atoms with Crippen LogP contribution in [0.5, 0.6) is 0 Å². The van der Waals surface area contributed by atoms with Crippen LogP contribution in [0.1, 0.15) is 47.2 Å². The van der Waals surface area contributed by atoms with Gasteiger partial charge in [0.05, 0.1) is 6.04 Å². The third kappa shape index (κ3) is 5.39. The third-order valence-corrected chi connectivity index (χ3v) is 14.2. The van der Waals surface area contributed by atoms with E-state index in [1.54, 1.807) is 0 Å². The van der Waals surface area contributed by atoms with Crippen molar-refractivity contribution in [3.63, 3.8) is 0 Å². The van der Waals surface area contributed by atoms with Gasteiger partial charge in [0, 0.05) is 68.8 Å². The molecule has 2 aromatic heterocycles. The molecular formula is C51H36N4S2. The Kier molecular flexibility index (Phi) is 7.57. The van der Waals surface area contributed by atoms with Crippen LogP contribution in [-0.2, 0) is 0 Å². The van der Waals surface area contributed by atoms with Crippen molar-refractivity contribution < 1.29 is 0 Å². The van der Waals surface area contributed by atoms with Gasteiger partial charge in [0.2, 0.25) is 0 Å². The van der Waals surface area contributed by atoms with Crippen molar-refractivity contribution in [1.29, 1.82) is 0 Å². The number of anilines is 2. The van der Waals surface area contributed by atoms with Crippen molar-refractivity contribution >= 4 is 86.1 Å². The molecule has 7 aromatic carbocycles. The second kappa shape index (κ2) is 13.1. The van der Waals surface area contributed by atoms with E-state index in [9.17, 15) is 0 Å². The number of rotatable bonds is 5. The van der Waals surface area contributed by atoms with Crippen LogP contribution in [0.15, 0.2) is 180 Å². The van der Waals surface area contributed by atoms with Gasteiger partial charge in [0.1, 0.15) is 12.0 Å². The Hall–Kier alpha value is -6.34. The van der Waals surface area contributed by atoms with E-state index in [1.165, 1.54) is 74.8 Å². The molecule has 3 unspecified atom stereocenters. The molecule has 9 aromatic rings. The van der Waals surface area contributed by atoms with Gasteiger partial charge in [-0.25, -0.2) is 9.98 Å². The molecular weight excluding hydrogens is 733 g/mol. The number of fused-ring (bicyclic) bond motifs is 9. The van der Waals surface area contributed by atoms with Crippen LogP contribution >= 0.6 is 22.7 Å². The quantitative estimate of drug-likeness (QED) is 0.177. The van der Waals surface area contributed by atoms with Gasteiger partial charge in [0.25, 0.3) is 0 Å². The van der Waals surface area contributed by atoms with E-state index in [2.05, 4.69) is 168 Å². The van der Waals surface area contributed by atoms with E-state index in [0.29, 0.717) is 12.0 Å². The van der Waals surface area contributed by atoms with Gasteiger partial charge >= 0.3 is 0 Å². The van der Waals surface area contributed by atoms with Crippen molar-refractivity contribution in [2.75, 3.05) is 4.90 Å². The molecule has 3 atom stereocenters. The van der Waals surface area contributed by atoms with E-state index in [-0.39, 0.29) is 6.17 Å². The summed E-state index contributed by atoms with van der Waals surface area (Å²) < 4.78 is 5.17. The summed E-state index contributed by atoms with van der Waals surface area (Å²) in [4.78, 5) is 12.8. The summed E-state index contributed by atoms with van der Waals surface area (Å²) in [5, 5.41) is 8.79. The van der Waals surface area contributed by atoms with E-state index in [1.807, 2.05) is 34.8 Å². The lowest BCUT2D eigenvalue weighted by atomic mass is 9.86. The molecule has 3 aliphatic rings. The normalized spacial score (nSPS) is 18.8. The number of allylic oxidation sites excluding steroid dienone is 1. The van der Waals surface area contributed by atoms with Crippen molar-refractivity contribution in [1.82, 2.24) is 5.32 Å². The van der Waals surface area contributed by atoms with Crippen molar-refractivity contribution in [3.8, 4) is 11.1 Å². The van der Waals surface area contributed by atoms with Crippen LogP contribution in [0, 0.1) is 0 Å². The third-order valence-electron chi connectivity index (χ3n) is 12.0. The molecule has 0 bridgehead atoms. The molecule has 1 N–H and O–H groups in total. The fraction of sp³-hybridized carbons (Fsp3) is 0.0980. The van der Waals surface area contributed by atoms with Crippen LogP contribution < -0.4 is 10.2 Å². The topological polar surface area (TPSA) is 40.0 Å². The average molecular weight is 769 g/mol. The Bertz CT molecular complexity index is 3140. The summed E-state index contributed by atoms with van der Waals surface area (Å²) in [7, 11) is 0. The molecule has 272 valence electrons. The van der Waals surface area contributed by atoms with Gasteiger partial charge in [-0.3, -0.25) is 0 Å². The van der Waals surface area contributed by atoms with Crippen LogP contribution in [-0.4, -0.2) is 17.7 Å². The molecule has 0 saturated heterocycles. The van der Waals surface area contributed by atoms with Crippen LogP contribution in [0.3, 0.4) is 0 Å². The van der Waals surface area contributed by atoms with Gasteiger partial charge in [0.15, 0.2) is 5.84 Å². The Morgan fingerprint density at radius 3 is 2.30 bits per heavy atom. The first-order valence-electron chi connectivity index (χ1n) is 19.7. The van der Waals surface area contributed by atoms with Gasteiger partial charge in [-0.15, -0.1) is 22.7 Å². The Labute approximate surface area is 338 Å². The van der Waals surface area contributed by atoms with Crippen molar-refractivity contribution in [2.45, 2.75) is 31.0 Å². The maximum absolute atomic E-state index is 5.15. The number of thiophene rings is 2. The SMILES string of the molecule is C1=CC2C(CC1)c1ccccc1N2c1ccc2c(c1)sc1ccc(-c3cccc4sc5cc(C6=NC(c7ccccc7)NC(c7ccccc7)=N6)ccc5c34)cc12. The van der Waals surface area contributed by atoms with Gasteiger partial charge in [-0.1, -0.05) is 127 Å². The highest BCUT2D eigenvalue weighted by atomic mass is 32.1. The molecule has 0 radical (unpaired) electrons. The zero-order valence-electron chi connectivity index (χ0n) is 31.0. The van der Waals surface area contributed by atoms with Gasteiger partial charge in [-0.05, 0) is 77.6 Å². The van der Waals surface area contributed by atoms with Crippen LogP contribution in [0.2, 0.25) is 0 Å². The summed E-state index contributed by atoms with van der Waals surface area (Å²) in [6.45, 7) is 0. The number of hydrogen-bond acceptors (Lipinski definition) is 6. The van der Waals surface area contributed by atoms with E-state index < -0.39 is 0 Å². The standard InChI is InChI=1S/C51H36N4S2/c1-3-12-31(13-4-1)49-52-50(32-14-5-2-6-15-32)54-51(53-49)34-22-25-40-46(29-34)57-45-21-11-18-36(48(40)45)33-23-27-44-41(28-33)39-26-24-35(30-47(39)56-44)55-42-19-9-7-16-37(42)38-17-8-10-20-43(38)55/h1-7,9-16,18-30,38,43,49H,8,17H2,(H,52,53,54). The largest absolute Gasteiger partial charge is 0.344 e. The predicted molar refractivity (Wildman–Crippen MR) is 243 cm³/mol. The minimum atomic E-state index is -0.230. The van der Waals surface area contributed by atoms with Crippen LogP contribution in [0.4, 0.5) is 11.4 Å². The first-order valence-corrected chi connectivity index (χ1v) is 21.4.